The molecule has 0 spiro atoms. The van der Waals surface area contributed by atoms with E-state index < -0.39 is 5.82 Å². The molecule has 0 unspecified atom stereocenters. The number of ether oxygens (including phenoxy) is 1. The van der Waals surface area contributed by atoms with Gasteiger partial charge in [-0.1, -0.05) is 12.8 Å². The Labute approximate surface area is 173 Å². The molecular weight excluding hydrogens is 369 g/mol. The second kappa shape index (κ2) is 10.9. The highest BCUT2D eigenvalue weighted by Gasteiger charge is 2.23. The summed E-state index contributed by atoms with van der Waals surface area (Å²) in [5, 5.41) is 0. The Bertz CT molecular complexity index is 691. The molecule has 1 aliphatic carbocycles. The summed E-state index contributed by atoms with van der Waals surface area (Å²) >= 11 is 0. The third-order valence-corrected chi connectivity index (χ3v) is 6.62. The molecule has 1 saturated carbocycles. The van der Waals surface area contributed by atoms with E-state index in [1.54, 1.807) is 6.07 Å². The minimum Gasteiger partial charge on any atom is -0.497 e. The summed E-state index contributed by atoms with van der Waals surface area (Å²) in [7, 11) is 1.47. The maximum absolute atomic E-state index is 13.6. The van der Waals surface area contributed by atoms with Gasteiger partial charge in [-0.15, -0.1) is 0 Å². The minimum atomic E-state index is -0.438. The average molecular weight is 404 g/mol. The Kier molecular flexibility index (Phi) is 8.22. The van der Waals surface area contributed by atoms with Crippen molar-refractivity contribution < 1.29 is 18.7 Å². The number of Topliss-reactive ketones (excluding diaryl/α,β-unsaturated/α-hetero) is 2. The van der Waals surface area contributed by atoms with Crippen molar-refractivity contribution in [1.82, 2.24) is 4.90 Å². The predicted molar refractivity (Wildman–Crippen MR) is 112 cm³/mol. The van der Waals surface area contributed by atoms with Crippen LogP contribution < -0.4 is 4.74 Å². The fraction of sp³-hybridized carbons (Fsp3) is 0.667. The number of hydrogen-bond donors (Lipinski definition) is 0. The molecule has 0 N–H and O–H groups in total. The van der Waals surface area contributed by atoms with Gasteiger partial charge in [0, 0.05) is 30.4 Å². The van der Waals surface area contributed by atoms with E-state index >= 15 is 0 Å². The van der Waals surface area contributed by atoms with Crippen LogP contribution in [0.2, 0.25) is 0 Å². The Balaban J connectivity index is 1.33. The van der Waals surface area contributed by atoms with Crippen molar-refractivity contribution in [3.63, 3.8) is 0 Å². The predicted octanol–water partition coefficient (Wildman–Crippen LogP) is 5.05. The van der Waals surface area contributed by atoms with Gasteiger partial charge in [-0.2, -0.15) is 0 Å². The van der Waals surface area contributed by atoms with Crippen LogP contribution in [0.1, 0.15) is 74.6 Å². The highest BCUT2D eigenvalue weighted by Crippen LogP contribution is 2.27. The Morgan fingerprint density at radius 2 is 1.79 bits per heavy atom. The second-order valence-corrected chi connectivity index (χ2v) is 8.68. The van der Waals surface area contributed by atoms with Gasteiger partial charge >= 0.3 is 0 Å². The molecule has 1 aromatic carbocycles. The molecule has 0 radical (unpaired) electrons. The van der Waals surface area contributed by atoms with Crippen LogP contribution >= 0.6 is 0 Å². The summed E-state index contributed by atoms with van der Waals surface area (Å²) < 4.78 is 18.6. The van der Waals surface area contributed by atoms with Gasteiger partial charge < -0.3 is 9.64 Å². The van der Waals surface area contributed by atoms with Crippen molar-refractivity contribution in [1.29, 1.82) is 0 Å². The van der Waals surface area contributed by atoms with Crippen molar-refractivity contribution in [3.05, 3.63) is 29.6 Å². The average Bonchev–Trinajstić information content (AvgIpc) is 3.27. The number of nitrogens with zero attached hydrogens (tertiary/aromatic N) is 1. The summed E-state index contributed by atoms with van der Waals surface area (Å²) in [5.41, 5.74) is 0.395. The molecule has 0 amide bonds. The van der Waals surface area contributed by atoms with Crippen molar-refractivity contribution in [2.45, 2.75) is 64.2 Å². The fourth-order valence-electron chi connectivity index (χ4n) is 4.75. The summed E-state index contributed by atoms with van der Waals surface area (Å²) in [5.74, 6) is 1.29. The molecular formula is C24H34FNO3. The van der Waals surface area contributed by atoms with Gasteiger partial charge in [0.15, 0.2) is 5.78 Å². The number of hydrogen-bond acceptors (Lipinski definition) is 4. The number of rotatable bonds is 10. The lowest BCUT2D eigenvalue weighted by Gasteiger charge is -2.31. The van der Waals surface area contributed by atoms with Gasteiger partial charge in [0.25, 0.3) is 0 Å². The van der Waals surface area contributed by atoms with Gasteiger partial charge in [0.2, 0.25) is 0 Å². The van der Waals surface area contributed by atoms with Crippen LogP contribution in [0.15, 0.2) is 18.2 Å². The molecule has 29 heavy (non-hydrogen) atoms. The van der Waals surface area contributed by atoms with E-state index in [4.69, 9.17) is 4.74 Å². The Morgan fingerprint density at radius 3 is 2.48 bits per heavy atom. The molecule has 3 rings (SSSR count). The standard InChI is InChI=1S/C24H34FNO3/c1-29-22-16-20(15-21(25)17-22)24(28)9-8-18-10-13-26(14-11-18)12-4-7-23(27)19-5-2-3-6-19/h15-19H,2-14H2,1H3. The van der Waals surface area contributed by atoms with E-state index in [1.807, 2.05) is 0 Å². The third-order valence-electron chi connectivity index (χ3n) is 6.62. The van der Waals surface area contributed by atoms with Crippen LogP contribution in [0.3, 0.4) is 0 Å². The first-order valence-corrected chi connectivity index (χ1v) is 11.2. The zero-order valence-corrected chi connectivity index (χ0v) is 17.6. The molecule has 0 atom stereocenters. The summed E-state index contributed by atoms with van der Waals surface area (Å²) in [4.78, 5) is 27.1. The van der Waals surface area contributed by atoms with Crippen LogP contribution in [-0.2, 0) is 4.79 Å². The van der Waals surface area contributed by atoms with Crippen molar-refractivity contribution in [3.8, 4) is 5.75 Å². The molecule has 2 fully saturated rings. The monoisotopic (exact) mass is 403 g/mol. The first-order chi connectivity index (χ1) is 14.0. The SMILES string of the molecule is COc1cc(F)cc(C(=O)CCC2CCN(CCCC(=O)C3CCCC3)CC2)c1. The number of ketones is 2. The fourth-order valence-corrected chi connectivity index (χ4v) is 4.75. The molecule has 5 heteroatoms. The molecule has 0 bridgehead atoms. The maximum atomic E-state index is 13.6. The van der Waals surface area contributed by atoms with Gasteiger partial charge in [0.1, 0.15) is 17.3 Å². The quantitative estimate of drug-likeness (QED) is 0.513. The second-order valence-electron chi connectivity index (χ2n) is 8.68. The van der Waals surface area contributed by atoms with E-state index in [0.29, 0.717) is 35.4 Å². The molecule has 1 aliphatic heterocycles. The van der Waals surface area contributed by atoms with Crippen LogP contribution in [-0.4, -0.2) is 43.2 Å². The highest BCUT2D eigenvalue weighted by atomic mass is 19.1. The number of methoxy groups -OCH3 is 1. The van der Waals surface area contributed by atoms with E-state index in [-0.39, 0.29) is 5.78 Å². The largest absolute Gasteiger partial charge is 0.497 e. The summed E-state index contributed by atoms with van der Waals surface area (Å²) in [6.45, 7) is 3.10. The van der Waals surface area contributed by atoms with Crippen molar-refractivity contribution >= 4 is 11.6 Å². The molecule has 1 aromatic rings. The summed E-state index contributed by atoms with van der Waals surface area (Å²) in [6.07, 6.45) is 9.84. The Hall–Kier alpha value is -1.75. The molecule has 4 nitrogen and oxygen atoms in total. The number of benzene rings is 1. The first kappa shape index (κ1) is 21.9. The van der Waals surface area contributed by atoms with Crippen LogP contribution in [0.5, 0.6) is 5.75 Å². The summed E-state index contributed by atoms with van der Waals surface area (Å²) in [6, 6.07) is 4.19. The molecule has 1 heterocycles. The van der Waals surface area contributed by atoms with Crippen molar-refractivity contribution in [2.24, 2.45) is 11.8 Å². The lowest BCUT2D eigenvalue weighted by Crippen LogP contribution is -2.34. The van der Waals surface area contributed by atoms with Crippen molar-refractivity contribution in [2.75, 3.05) is 26.7 Å². The smallest absolute Gasteiger partial charge is 0.163 e. The van der Waals surface area contributed by atoms with Gasteiger partial charge in [-0.05, 0) is 76.2 Å². The van der Waals surface area contributed by atoms with Crippen LogP contribution in [0.4, 0.5) is 4.39 Å². The zero-order valence-electron chi connectivity index (χ0n) is 17.6. The normalized spacial score (nSPS) is 18.8. The number of halogens is 1. The third kappa shape index (κ3) is 6.63. The van der Waals surface area contributed by atoms with Gasteiger partial charge in [-0.25, -0.2) is 4.39 Å². The maximum Gasteiger partial charge on any atom is 0.163 e. The van der Waals surface area contributed by atoms with Gasteiger partial charge in [-0.3, -0.25) is 9.59 Å². The van der Waals surface area contributed by atoms with Crippen LogP contribution in [0.25, 0.3) is 0 Å². The minimum absolute atomic E-state index is 0.0179. The van der Waals surface area contributed by atoms with E-state index in [2.05, 4.69) is 4.90 Å². The van der Waals surface area contributed by atoms with E-state index in [1.165, 1.54) is 32.1 Å². The lowest BCUT2D eigenvalue weighted by atomic mass is 9.90. The molecule has 160 valence electrons. The Morgan fingerprint density at radius 1 is 1.07 bits per heavy atom. The van der Waals surface area contributed by atoms with E-state index in [9.17, 15) is 14.0 Å². The molecule has 0 aromatic heterocycles. The van der Waals surface area contributed by atoms with Gasteiger partial charge in [0.05, 0.1) is 7.11 Å². The molecule has 1 saturated heterocycles. The first-order valence-electron chi connectivity index (χ1n) is 11.2. The molecule has 2 aliphatic rings. The van der Waals surface area contributed by atoms with Crippen LogP contribution in [0, 0.1) is 17.7 Å². The topological polar surface area (TPSA) is 46.6 Å². The number of carbonyl (C=O) groups is 2. The lowest BCUT2D eigenvalue weighted by molar-refractivity contribution is -0.122. The zero-order chi connectivity index (χ0) is 20.6. The number of piperidine rings is 1. The van der Waals surface area contributed by atoms with E-state index in [0.717, 1.165) is 64.6 Å². The number of carbonyl (C=O) groups excluding carboxylic acids is 2. The number of likely N-dealkylation sites (tertiary alicyclic amines) is 1. The highest BCUT2D eigenvalue weighted by molar-refractivity contribution is 5.96.